The number of imide groups is 1. The van der Waals surface area contributed by atoms with E-state index in [1.54, 1.807) is 6.08 Å². The topological polar surface area (TPSA) is 37.4 Å². The molecule has 0 bridgehead atoms. The number of hydrogen-bond acceptors (Lipinski definition) is 2. The van der Waals surface area contributed by atoms with Crippen LogP contribution in [0.3, 0.4) is 0 Å². The van der Waals surface area contributed by atoms with E-state index in [9.17, 15) is 9.59 Å². The first-order chi connectivity index (χ1) is 8.68. The summed E-state index contributed by atoms with van der Waals surface area (Å²) in [5.41, 5.74) is 1.86. The molecule has 0 saturated heterocycles. The largest absolute Gasteiger partial charge is 0.275 e. The summed E-state index contributed by atoms with van der Waals surface area (Å²) >= 11 is 0. The van der Waals surface area contributed by atoms with Crippen LogP contribution in [0, 0.1) is 0 Å². The Labute approximate surface area is 106 Å². The van der Waals surface area contributed by atoms with Gasteiger partial charge in [-0.1, -0.05) is 36.4 Å². The SMILES string of the molecule is C/C(=C\C(=O)N1CCC=CC1=O)c1ccccc1. The van der Waals surface area contributed by atoms with Crippen LogP contribution in [0.1, 0.15) is 18.9 Å². The molecule has 1 heterocycles. The predicted molar refractivity (Wildman–Crippen MR) is 70.6 cm³/mol. The van der Waals surface area contributed by atoms with E-state index < -0.39 is 0 Å². The minimum absolute atomic E-state index is 0.233. The highest BCUT2D eigenvalue weighted by atomic mass is 16.2. The Morgan fingerprint density at radius 1 is 1.28 bits per heavy atom. The number of carbonyl (C=O) groups is 2. The van der Waals surface area contributed by atoms with E-state index in [0.717, 1.165) is 17.6 Å². The van der Waals surface area contributed by atoms with E-state index >= 15 is 0 Å². The standard InChI is InChI=1S/C15H15NO2/c1-12(13-7-3-2-4-8-13)11-15(18)16-10-6-5-9-14(16)17/h2-5,7-9,11H,6,10H2,1H3/b12-11+. The van der Waals surface area contributed by atoms with Gasteiger partial charge in [-0.25, -0.2) is 0 Å². The monoisotopic (exact) mass is 241 g/mol. The Balaban J connectivity index is 2.15. The Kier molecular flexibility index (Phi) is 3.72. The van der Waals surface area contributed by atoms with Crippen LogP contribution in [0.4, 0.5) is 0 Å². The fourth-order valence-electron chi connectivity index (χ4n) is 1.85. The molecule has 0 aromatic heterocycles. The normalized spacial score (nSPS) is 15.9. The third kappa shape index (κ3) is 2.74. The Morgan fingerprint density at radius 3 is 2.67 bits per heavy atom. The van der Waals surface area contributed by atoms with Crippen molar-refractivity contribution < 1.29 is 9.59 Å². The van der Waals surface area contributed by atoms with Crippen molar-refractivity contribution in [2.24, 2.45) is 0 Å². The van der Waals surface area contributed by atoms with Gasteiger partial charge in [0.1, 0.15) is 0 Å². The number of allylic oxidation sites excluding steroid dienone is 1. The first kappa shape index (κ1) is 12.3. The van der Waals surface area contributed by atoms with E-state index in [4.69, 9.17) is 0 Å². The number of benzene rings is 1. The summed E-state index contributed by atoms with van der Waals surface area (Å²) in [6.45, 7) is 2.34. The molecule has 0 saturated carbocycles. The van der Waals surface area contributed by atoms with Gasteiger partial charge in [0.2, 0.25) is 0 Å². The quantitative estimate of drug-likeness (QED) is 0.746. The zero-order valence-corrected chi connectivity index (χ0v) is 10.3. The fourth-order valence-corrected chi connectivity index (χ4v) is 1.85. The first-order valence-corrected chi connectivity index (χ1v) is 5.94. The van der Waals surface area contributed by atoms with Gasteiger partial charge >= 0.3 is 0 Å². The molecule has 0 aliphatic carbocycles. The lowest BCUT2D eigenvalue weighted by atomic mass is 10.1. The van der Waals surface area contributed by atoms with Crippen LogP contribution in [-0.4, -0.2) is 23.3 Å². The molecule has 1 aromatic carbocycles. The number of hydrogen-bond donors (Lipinski definition) is 0. The Bertz CT molecular complexity index is 515. The van der Waals surface area contributed by atoms with Crippen LogP contribution in [0.25, 0.3) is 5.57 Å². The Hall–Kier alpha value is -2.16. The molecule has 2 amide bonds. The molecule has 0 atom stereocenters. The zero-order valence-electron chi connectivity index (χ0n) is 10.3. The zero-order chi connectivity index (χ0) is 13.0. The summed E-state index contributed by atoms with van der Waals surface area (Å²) in [7, 11) is 0. The van der Waals surface area contributed by atoms with Gasteiger partial charge in [-0.2, -0.15) is 0 Å². The van der Waals surface area contributed by atoms with Crippen molar-refractivity contribution in [2.75, 3.05) is 6.54 Å². The van der Waals surface area contributed by atoms with Gasteiger partial charge in [0.05, 0.1) is 0 Å². The maximum atomic E-state index is 12.0. The third-order valence-electron chi connectivity index (χ3n) is 2.88. The average Bonchev–Trinajstić information content (AvgIpc) is 2.40. The molecule has 0 radical (unpaired) electrons. The molecular weight excluding hydrogens is 226 g/mol. The van der Waals surface area contributed by atoms with Crippen molar-refractivity contribution in [1.82, 2.24) is 4.90 Å². The molecule has 2 rings (SSSR count). The highest BCUT2D eigenvalue weighted by Gasteiger charge is 2.19. The summed E-state index contributed by atoms with van der Waals surface area (Å²) in [6.07, 6.45) is 5.50. The second-order valence-corrected chi connectivity index (χ2v) is 4.21. The van der Waals surface area contributed by atoms with E-state index in [1.807, 2.05) is 37.3 Å². The van der Waals surface area contributed by atoms with E-state index in [0.29, 0.717) is 6.54 Å². The molecule has 18 heavy (non-hydrogen) atoms. The van der Waals surface area contributed by atoms with Gasteiger partial charge in [-0.3, -0.25) is 14.5 Å². The van der Waals surface area contributed by atoms with Crippen LogP contribution in [0.15, 0.2) is 48.6 Å². The van der Waals surface area contributed by atoms with E-state index in [-0.39, 0.29) is 11.8 Å². The molecule has 1 aliphatic heterocycles. The molecule has 1 aromatic rings. The van der Waals surface area contributed by atoms with Crippen molar-refractivity contribution in [3.05, 3.63) is 54.1 Å². The van der Waals surface area contributed by atoms with Gasteiger partial charge in [0.25, 0.3) is 11.8 Å². The Morgan fingerprint density at radius 2 is 2.00 bits per heavy atom. The van der Waals surface area contributed by atoms with Crippen molar-refractivity contribution in [1.29, 1.82) is 0 Å². The van der Waals surface area contributed by atoms with Crippen LogP contribution in [0.5, 0.6) is 0 Å². The van der Waals surface area contributed by atoms with E-state index in [1.165, 1.54) is 17.1 Å². The number of carbonyl (C=O) groups excluding carboxylic acids is 2. The number of amides is 2. The van der Waals surface area contributed by atoms with Gasteiger partial charge in [0.15, 0.2) is 0 Å². The second-order valence-electron chi connectivity index (χ2n) is 4.21. The lowest BCUT2D eigenvalue weighted by Gasteiger charge is -2.20. The maximum absolute atomic E-state index is 12.0. The van der Waals surface area contributed by atoms with Crippen LogP contribution >= 0.6 is 0 Å². The molecule has 0 unspecified atom stereocenters. The third-order valence-corrected chi connectivity index (χ3v) is 2.88. The number of rotatable bonds is 2. The van der Waals surface area contributed by atoms with Crippen molar-refractivity contribution in [3.63, 3.8) is 0 Å². The highest BCUT2D eigenvalue weighted by Crippen LogP contribution is 2.14. The van der Waals surface area contributed by atoms with Crippen molar-refractivity contribution in [2.45, 2.75) is 13.3 Å². The van der Waals surface area contributed by atoms with Gasteiger partial charge in [-0.15, -0.1) is 0 Å². The van der Waals surface area contributed by atoms with Crippen molar-refractivity contribution in [3.8, 4) is 0 Å². The molecular formula is C15H15NO2. The fraction of sp³-hybridized carbons (Fsp3) is 0.200. The summed E-state index contributed by atoms with van der Waals surface area (Å²) < 4.78 is 0. The van der Waals surface area contributed by atoms with Crippen LogP contribution < -0.4 is 0 Å². The van der Waals surface area contributed by atoms with E-state index in [2.05, 4.69) is 0 Å². The summed E-state index contributed by atoms with van der Waals surface area (Å²) in [4.78, 5) is 24.8. The smallest absolute Gasteiger partial charge is 0.253 e. The highest BCUT2D eigenvalue weighted by molar-refractivity contribution is 6.07. The predicted octanol–water partition coefficient (Wildman–Crippen LogP) is 2.41. The van der Waals surface area contributed by atoms with Gasteiger partial charge < -0.3 is 0 Å². The lowest BCUT2D eigenvalue weighted by molar-refractivity contribution is -0.139. The molecule has 0 spiro atoms. The lowest BCUT2D eigenvalue weighted by Crippen LogP contribution is -2.37. The minimum Gasteiger partial charge on any atom is -0.275 e. The molecule has 3 nitrogen and oxygen atoms in total. The van der Waals surface area contributed by atoms with Crippen LogP contribution in [0.2, 0.25) is 0 Å². The van der Waals surface area contributed by atoms with Crippen LogP contribution in [-0.2, 0) is 9.59 Å². The second kappa shape index (κ2) is 5.45. The molecule has 0 N–H and O–H groups in total. The maximum Gasteiger partial charge on any atom is 0.253 e. The summed E-state index contributed by atoms with van der Waals surface area (Å²) in [5, 5.41) is 0. The number of nitrogens with zero attached hydrogens (tertiary/aromatic N) is 1. The van der Waals surface area contributed by atoms with Crippen molar-refractivity contribution >= 4 is 17.4 Å². The van der Waals surface area contributed by atoms with Gasteiger partial charge in [0, 0.05) is 12.6 Å². The average molecular weight is 241 g/mol. The summed E-state index contributed by atoms with van der Waals surface area (Å²) in [5.74, 6) is -0.478. The first-order valence-electron chi connectivity index (χ1n) is 5.94. The molecule has 0 fully saturated rings. The molecule has 1 aliphatic rings. The minimum atomic E-state index is -0.245. The molecule has 3 heteroatoms. The van der Waals surface area contributed by atoms with Gasteiger partial charge in [-0.05, 0) is 30.6 Å². The summed E-state index contributed by atoms with van der Waals surface area (Å²) in [6, 6.07) is 9.66. The molecule has 92 valence electrons.